The fourth-order valence-corrected chi connectivity index (χ4v) is 1.10. The van der Waals surface area contributed by atoms with Crippen molar-refractivity contribution in [3.8, 4) is 0 Å². The number of hydrogen-bond donors (Lipinski definition) is 1. The standard InChI is InChI=1S/C9H12N2O3/c1-7-5-14-9(11-7)10-4-8-6-12-2-3-13-8/h5-6H,2-4H2,1H3,(H,10,11). The molecule has 5 nitrogen and oxygen atoms in total. The van der Waals surface area contributed by atoms with Crippen LogP contribution in [0.4, 0.5) is 6.01 Å². The van der Waals surface area contributed by atoms with E-state index in [-0.39, 0.29) is 0 Å². The molecule has 1 aromatic heterocycles. The van der Waals surface area contributed by atoms with Gasteiger partial charge in [0.25, 0.3) is 6.01 Å². The number of ether oxygens (including phenoxy) is 2. The number of rotatable bonds is 3. The minimum Gasteiger partial charge on any atom is -0.494 e. The zero-order valence-corrected chi connectivity index (χ0v) is 7.95. The monoisotopic (exact) mass is 196 g/mol. The van der Waals surface area contributed by atoms with Crippen LogP contribution < -0.4 is 5.32 Å². The van der Waals surface area contributed by atoms with E-state index in [1.807, 2.05) is 6.92 Å². The van der Waals surface area contributed by atoms with Gasteiger partial charge in [-0.1, -0.05) is 0 Å². The first-order valence-electron chi connectivity index (χ1n) is 4.44. The lowest BCUT2D eigenvalue weighted by Gasteiger charge is -2.15. The lowest BCUT2D eigenvalue weighted by atomic mass is 10.5. The molecule has 0 fully saturated rings. The molecule has 0 aromatic carbocycles. The van der Waals surface area contributed by atoms with Crippen LogP contribution in [0.2, 0.25) is 0 Å². The van der Waals surface area contributed by atoms with Crippen molar-refractivity contribution in [1.82, 2.24) is 4.98 Å². The summed E-state index contributed by atoms with van der Waals surface area (Å²) in [5.74, 6) is 0.757. The van der Waals surface area contributed by atoms with E-state index in [2.05, 4.69) is 10.3 Å². The van der Waals surface area contributed by atoms with Crippen LogP contribution in [0.3, 0.4) is 0 Å². The zero-order chi connectivity index (χ0) is 9.80. The molecule has 0 unspecified atom stereocenters. The van der Waals surface area contributed by atoms with Crippen LogP contribution in [0.25, 0.3) is 0 Å². The first-order valence-corrected chi connectivity index (χ1v) is 4.44. The minimum atomic E-state index is 0.498. The lowest BCUT2D eigenvalue weighted by Crippen LogP contribution is -2.15. The topological polar surface area (TPSA) is 56.5 Å². The minimum absolute atomic E-state index is 0.498. The van der Waals surface area contributed by atoms with Gasteiger partial charge in [0.1, 0.15) is 31.5 Å². The number of nitrogens with one attached hydrogen (secondary N) is 1. The van der Waals surface area contributed by atoms with Gasteiger partial charge in [-0.05, 0) is 6.92 Å². The summed E-state index contributed by atoms with van der Waals surface area (Å²) in [5.41, 5.74) is 0.849. The number of nitrogens with zero attached hydrogens (tertiary/aromatic N) is 1. The lowest BCUT2D eigenvalue weighted by molar-refractivity contribution is 0.0842. The van der Waals surface area contributed by atoms with Crippen molar-refractivity contribution in [2.75, 3.05) is 25.1 Å². The molecule has 0 radical (unpaired) electrons. The second kappa shape index (κ2) is 4.04. The molecular formula is C9H12N2O3. The molecule has 5 heteroatoms. The highest BCUT2D eigenvalue weighted by Crippen LogP contribution is 2.09. The Kier molecular flexibility index (Phi) is 2.58. The van der Waals surface area contributed by atoms with Crippen LogP contribution in [-0.2, 0) is 9.47 Å². The average Bonchev–Trinajstić information content (AvgIpc) is 2.63. The molecular weight excluding hydrogens is 184 g/mol. The second-order valence-electron chi connectivity index (χ2n) is 2.95. The molecule has 1 aromatic rings. The second-order valence-corrected chi connectivity index (χ2v) is 2.95. The maximum atomic E-state index is 5.31. The molecule has 0 spiro atoms. The molecule has 0 saturated carbocycles. The van der Waals surface area contributed by atoms with Crippen molar-refractivity contribution >= 4 is 6.01 Å². The van der Waals surface area contributed by atoms with Crippen LogP contribution in [0.15, 0.2) is 22.7 Å². The van der Waals surface area contributed by atoms with Gasteiger partial charge in [0.15, 0.2) is 0 Å². The van der Waals surface area contributed by atoms with E-state index in [0.29, 0.717) is 25.8 Å². The quantitative estimate of drug-likeness (QED) is 0.789. The summed E-state index contributed by atoms with van der Waals surface area (Å²) in [6, 6.07) is 0.498. The Labute approximate surface area is 81.7 Å². The van der Waals surface area contributed by atoms with Crippen molar-refractivity contribution in [3.05, 3.63) is 24.0 Å². The van der Waals surface area contributed by atoms with Gasteiger partial charge in [0.05, 0.1) is 12.2 Å². The fourth-order valence-electron chi connectivity index (χ4n) is 1.10. The zero-order valence-electron chi connectivity index (χ0n) is 7.95. The van der Waals surface area contributed by atoms with Gasteiger partial charge < -0.3 is 19.2 Å². The molecule has 0 amide bonds. The summed E-state index contributed by atoms with van der Waals surface area (Å²) in [4.78, 5) is 4.09. The fraction of sp³-hybridized carbons (Fsp3) is 0.444. The van der Waals surface area contributed by atoms with Crippen molar-refractivity contribution in [1.29, 1.82) is 0 Å². The van der Waals surface area contributed by atoms with Crippen LogP contribution >= 0.6 is 0 Å². The highest BCUT2D eigenvalue weighted by atomic mass is 16.6. The molecule has 0 aliphatic carbocycles. The van der Waals surface area contributed by atoms with Crippen molar-refractivity contribution in [2.45, 2.75) is 6.92 Å². The van der Waals surface area contributed by atoms with E-state index < -0.39 is 0 Å². The Hall–Kier alpha value is -1.65. The van der Waals surface area contributed by atoms with E-state index in [4.69, 9.17) is 13.9 Å². The van der Waals surface area contributed by atoms with Gasteiger partial charge in [0.2, 0.25) is 0 Å². The van der Waals surface area contributed by atoms with Crippen LogP contribution in [-0.4, -0.2) is 24.7 Å². The van der Waals surface area contributed by atoms with Crippen LogP contribution in [0.1, 0.15) is 5.69 Å². The number of aromatic nitrogens is 1. The number of hydrogen-bond acceptors (Lipinski definition) is 5. The van der Waals surface area contributed by atoms with Crippen LogP contribution in [0.5, 0.6) is 0 Å². The summed E-state index contributed by atoms with van der Waals surface area (Å²) in [5, 5.41) is 2.98. The third-order valence-electron chi connectivity index (χ3n) is 1.74. The van der Waals surface area contributed by atoms with Crippen molar-refractivity contribution < 1.29 is 13.9 Å². The molecule has 14 heavy (non-hydrogen) atoms. The number of aryl methyl sites for hydroxylation is 1. The van der Waals surface area contributed by atoms with Crippen LogP contribution in [0, 0.1) is 6.92 Å². The smallest absolute Gasteiger partial charge is 0.295 e. The third-order valence-corrected chi connectivity index (χ3v) is 1.74. The Morgan fingerprint density at radius 2 is 2.43 bits per heavy atom. The number of anilines is 1. The molecule has 76 valence electrons. The highest BCUT2D eigenvalue weighted by Gasteiger charge is 2.06. The Bertz CT molecular complexity index is 333. The van der Waals surface area contributed by atoms with Gasteiger partial charge >= 0.3 is 0 Å². The van der Waals surface area contributed by atoms with E-state index in [9.17, 15) is 0 Å². The predicted octanol–water partition coefficient (Wildman–Crippen LogP) is 1.28. The molecule has 0 saturated heterocycles. The van der Waals surface area contributed by atoms with Crippen molar-refractivity contribution in [3.63, 3.8) is 0 Å². The van der Waals surface area contributed by atoms with Gasteiger partial charge in [-0.3, -0.25) is 0 Å². The van der Waals surface area contributed by atoms with E-state index in [1.54, 1.807) is 12.5 Å². The summed E-state index contributed by atoms with van der Waals surface area (Å²) in [6.45, 7) is 3.61. The Morgan fingerprint density at radius 3 is 3.07 bits per heavy atom. The van der Waals surface area contributed by atoms with Gasteiger partial charge in [-0.15, -0.1) is 0 Å². The molecule has 0 atom stereocenters. The Morgan fingerprint density at radius 1 is 1.50 bits per heavy atom. The van der Waals surface area contributed by atoms with Gasteiger partial charge in [-0.2, -0.15) is 4.98 Å². The summed E-state index contributed by atoms with van der Waals surface area (Å²) in [7, 11) is 0. The van der Waals surface area contributed by atoms with Crippen molar-refractivity contribution in [2.24, 2.45) is 0 Å². The average molecular weight is 196 g/mol. The molecule has 2 heterocycles. The third kappa shape index (κ3) is 2.18. The summed E-state index contributed by atoms with van der Waals surface area (Å²) in [6.07, 6.45) is 3.20. The SMILES string of the molecule is Cc1coc(NCC2=COCCO2)n1. The maximum absolute atomic E-state index is 5.31. The molecule has 1 N–H and O–H groups in total. The largest absolute Gasteiger partial charge is 0.494 e. The predicted molar refractivity (Wildman–Crippen MR) is 49.7 cm³/mol. The Balaban J connectivity index is 1.84. The normalized spacial score (nSPS) is 15.4. The van der Waals surface area contributed by atoms with E-state index in [1.165, 1.54) is 0 Å². The first kappa shape index (κ1) is 8.93. The maximum Gasteiger partial charge on any atom is 0.295 e. The van der Waals surface area contributed by atoms with Gasteiger partial charge in [0, 0.05) is 0 Å². The molecule has 0 bridgehead atoms. The molecule has 1 aliphatic heterocycles. The van der Waals surface area contributed by atoms with E-state index in [0.717, 1.165) is 11.5 Å². The molecule has 2 rings (SSSR count). The van der Waals surface area contributed by atoms with Gasteiger partial charge in [-0.25, -0.2) is 0 Å². The highest BCUT2D eigenvalue weighted by molar-refractivity contribution is 5.23. The number of oxazole rings is 1. The van der Waals surface area contributed by atoms with E-state index >= 15 is 0 Å². The first-order chi connectivity index (χ1) is 6.84. The molecule has 1 aliphatic rings. The summed E-state index contributed by atoms with van der Waals surface area (Å²) >= 11 is 0. The summed E-state index contributed by atoms with van der Waals surface area (Å²) < 4.78 is 15.5.